The minimum Gasteiger partial charge on any atom is -1.00 e. The Hall–Kier alpha value is -0.670. The molecule has 0 N–H and O–H groups in total. The number of ketones is 1. The van der Waals surface area contributed by atoms with Crippen LogP contribution in [0.15, 0.2) is 18.2 Å². The van der Waals surface area contributed by atoms with Gasteiger partial charge in [0.05, 0.1) is 6.54 Å². The van der Waals surface area contributed by atoms with Gasteiger partial charge >= 0.3 is 0 Å². The van der Waals surface area contributed by atoms with E-state index in [1.54, 1.807) is 0 Å². The van der Waals surface area contributed by atoms with Crippen molar-refractivity contribution in [1.29, 1.82) is 0 Å². The van der Waals surface area contributed by atoms with Crippen LogP contribution >= 0.6 is 0 Å². The number of carbonyl (C=O) groups is 1. The number of carbonyl (C=O) groups excluding carboxylic acids is 1. The maximum absolute atomic E-state index is 12.3. The van der Waals surface area contributed by atoms with Crippen LogP contribution in [-0.4, -0.2) is 29.8 Å². The monoisotopic (exact) mass is 370 g/mol. The van der Waals surface area contributed by atoms with Gasteiger partial charge in [0.2, 0.25) is 0 Å². The average Bonchev–Trinajstić information content (AvgIpc) is 2.50. The maximum atomic E-state index is 12.3. The molecule has 1 atom stereocenters. The van der Waals surface area contributed by atoms with Crippen LogP contribution in [0.3, 0.4) is 0 Å². The second-order valence-corrected chi connectivity index (χ2v) is 5.41. The fourth-order valence-corrected chi connectivity index (χ4v) is 2.44. The lowest BCUT2D eigenvalue weighted by Gasteiger charge is -2.26. The van der Waals surface area contributed by atoms with Gasteiger partial charge in [0.15, 0.2) is 5.78 Å². The highest BCUT2D eigenvalue weighted by Crippen LogP contribution is 2.15. The Morgan fingerprint density at radius 2 is 1.64 bits per heavy atom. The van der Waals surface area contributed by atoms with E-state index in [2.05, 4.69) is 57.7 Å². The molecule has 0 bridgehead atoms. The first kappa shape index (κ1) is 23.6. The molecular weight excluding hydrogens is 338 g/mol. The average molecular weight is 371 g/mol. The third kappa shape index (κ3) is 7.55. The summed E-state index contributed by atoms with van der Waals surface area (Å²) in [5.41, 5.74) is 3.65. The van der Waals surface area contributed by atoms with Gasteiger partial charge in [-0.15, -0.1) is 0 Å². The zero-order valence-corrected chi connectivity index (χ0v) is 17.0. The van der Waals surface area contributed by atoms with Crippen molar-refractivity contribution in [2.24, 2.45) is 0 Å². The van der Waals surface area contributed by atoms with Crippen LogP contribution in [-0.2, 0) is 11.2 Å². The number of rotatable bonds is 7. The normalized spacial score (nSPS) is 11.3. The molecule has 0 radical (unpaired) electrons. The lowest BCUT2D eigenvalue weighted by molar-refractivity contribution is -0.120. The van der Waals surface area contributed by atoms with Crippen LogP contribution in [0, 0.1) is 13.8 Å². The summed E-state index contributed by atoms with van der Waals surface area (Å²) in [5, 5.41) is 0. The number of Topliss-reactive ketones (excluding diaryl/α,β-unsaturated/α-hetero) is 1. The first-order valence-corrected chi connectivity index (χ1v) is 8.30. The zero-order chi connectivity index (χ0) is 16.4. The van der Waals surface area contributed by atoms with Crippen LogP contribution in [0.2, 0.25) is 0 Å². The molecule has 0 heterocycles. The highest BCUT2D eigenvalue weighted by atomic mass is 79.9. The standard InChI is InChI=1S/C17H27NO.C2H6.BrH/c1-6-15(5)18(7-2)12-16(19)11-17-13(3)9-8-10-14(17)4;1-2;/h8-10,15H,6-7,11-12H2,1-5H3;1-2H3;1H/p-1. The summed E-state index contributed by atoms with van der Waals surface area (Å²) in [7, 11) is 0. The van der Waals surface area contributed by atoms with Crippen LogP contribution in [0.4, 0.5) is 0 Å². The summed E-state index contributed by atoms with van der Waals surface area (Å²) < 4.78 is 0. The largest absolute Gasteiger partial charge is 1.00 e. The van der Waals surface area contributed by atoms with Crippen molar-refractivity contribution >= 4 is 5.78 Å². The van der Waals surface area contributed by atoms with Crippen LogP contribution in [0.25, 0.3) is 0 Å². The molecule has 0 aliphatic carbocycles. The predicted octanol–water partition coefficient (Wildman–Crippen LogP) is 1.57. The third-order valence-electron chi connectivity index (χ3n) is 4.02. The number of benzene rings is 1. The molecule has 3 heteroatoms. The van der Waals surface area contributed by atoms with E-state index in [1.807, 2.05) is 13.8 Å². The Bertz CT molecular complexity index is 411. The minimum absolute atomic E-state index is 0. The van der Waals surface area contributed by atoms with Gasteiger partial charge in [-0.2, -0.15) is 0 Å². The van der Waals surface area contributed by atoms with Crippen molar-refractivity contribution in [2.45, 2.75) is 67.3 Å². The van der Waals surface area contributed by atoms with E-state index in [1.165, 1.54) is 16.7 Å². The topological polar surface area (TPSA) is 20.3 Å². The number of hydrogen-bond donors (Lipinski definition) is 0. The Kier molecular flexibility index (Phi) is 13.8. The Balaban J connectivity index is 0. The third-order valence-corrected chi connectivity index (χ3v) is 4.02. The van der Waals surface area contributed by atoms with Gasteiger partial charge in [-0.3, -0.25) is 9.69 Å². The van der Waals surface area contributed by atoms with Crippen molar-refractivity contribution < 1.29 is 21.8 Å². The molecule has 2 nitrogen and oxygen atoms in total. The summed E-state index contributed by atoms with van der Waals surface area (Å²) >= 11 is 0. The molecule has 0 aromatic heterocycles. The molecule has 0 spiro atoms. The molecule has 1 unspecified atom stereocenters. The van der Waals surface area contributed by atoms with Gasteiger partial charge in [-0.05, 0) is 50.4 Å². The summed E-state index contributed by atoms with van der Waals surface area (Å²) in [5.74, 6) is 0.319. The summed E-state index contributed by atoms with van der Waals surface area (Å²) in [6.07, 6.45) is 1.65. The molecule has 0 aliphatic rings. The molecule has 0 fully saturated rings. The van der Waals surface area contributed by atoms with Gasteiger partial charge in [0.1, 0.15) is 0 Å². The van der Waals surface area contributed by atoms with Crippen LogP contribution in [0.1, 0.15) is 57.7 Å². The SMILES string of the molecule is CC.CCC(C)N(CC)CC(=O)Cc1c(C)cccc1C.[Br-]. The van der Waals surface area contributed by atoms with E-state index in [4.69, 9.17) is 0 Å². The second kappa shape index (κ2) is 12.8. The highest BCUT2D eigenvalue weighted by molar-refractivity contribution is 5.83. The van der Waals surface area contributed by atoms with Gasteiger partial charge in [0.25, 0.3) is 0 Å². The van der Waals surface area contributed by atoms with Gasteiger partial charge in [-0.25, -0.2) is 0 Å². The van der Waals surface area contributed by atoms with Crippen molar-refractivity contribution in [3.63, 3.8) is 0 Å². The lowest BCUT2D eigenvalue weighted by Crippen LogP contribution is -3.00. The molecule has 1 aromatic rings. The molecule has 22 heavy (non-hydrogen) atoms. The van der Waals surface area contributed by atoms with E-state index >= 15 is 0 Å². The van der Waals surface area contributed by atoms with E-state index in [0.717, 1.165) is 13.0 Å². The van der Waals surface area contributed by atoms with Crippen molar-refractivity contribution in [3.05, 3.63) is 34.9 Å². The summed E-state index contributed by atoms with van der Waals surface area (Å²) in [6, 6.07) is 6.70. The van der Waals surface area contributed by atoms with Gasteiger partial charge in [0, 0.05) is 12.5 Å². The molecule has 0 saturated heterocycles. The molecule has 1 rings (SSSR count). The fraction of sp³-hybridized carbons (Fsp3) is 0.632. The maximum Gasteiger partial charge on any atom is 0.151 e. The molecule has 128 valence electrons. The van der Waals surface area contributed by atoms with Crippen molar-refractivity contribution in [2.75, 3.05) is 13.1 Å². The lowest BCUT2D eigenvalue weighted by atomic mass is 9.98. The molecule has 0 amide bonds. The van der Waals surface area contributed by atoms with E-state index in [0.29, 0.717) is 24.8 Å². The quantitative estimate of drug-likeness (QED) is 0.725. The summed E-state index contributed by atoms with van der Waals surface area (Å²) in [4.78, 5) is 14.5. The van der Waals surface area contributed by atoms with E-state index < -0.39 is 0 Å². The van der Waals surface area contributed by atoms with Crippen molar-refractivity contribution in [1.82, 2.24) is 4.90 Å². The number of halogens is 1. The molecule has 0 aliphatic heterocycles. The smallest absolute Gasteiger partial charge is 0.151 e. The number of likely N-dealkylation sites (N-methyl/N-ethyl adjacent to an activating group) is 1. The highest BCUT2D eigenvalue weighted by Gasteiger charge is 2.15. The predicted molar refractivity (Wildman–Crippen MR) is 93.0 cm³/mol. The van der Waals surface area contributed by atoms with Gasteiger partial charge in [-0.1, -0.05) is 45.9 Å². The number of aryl methyl sites for hydroxylation is 2. The van der Waals surface area contributed by atoms with E-state index in [-0.39, 0.29) is 17.0 Å². The van der Waals surface area contributed by atoms with E-state index in [9.17, 15) is 4.79 Å². The number of nitrogens with zero attached hydrogens (tertiary/aromatic N) is 1. The second-order valence-electron chi connectivity index (χ2n) is 5.41. The zero-order valence-electron chi connectivity index (χ0n) is 15.4. The number of hydrogen-bond acceptors (Lipinski definition) is 2. The minimum atomic E-state index is 0. The Morgan fingerprint density at radius 1 is 1.14 bits per heavy atom. The molecule has 0 saturated carbocycles. The Labute approximate surface area is 148 Å². The summed E-state index contributed by atoms with van der Waals surface area (Å²) in [6.45, 7) is 16.2. The first-order chi connectivity index (χ1) is 9.99. The fourth-order valence-electron chi connectivity index (χ4n) is 2.44. The van der Waals surface area contributed by atoms with Gasteiger partial charge < -0.3 is 17.0 Å². The Morgan fingerprint density at radius 3 is 2.05 bits per heavy atom. The molecular formula is C19H33BrNO-. The molecule has 1 aromatic carbocycles. The van der Waals surface area contributed by atoms with Crippen LogP contribution < -0.4 is 17.0 Å². The first-order valence-electron chi connectivity index (χ1n) is 8.30. The van der Waals surface area contributed by atoms with Crippen LogP contribution in [0.5, 0.6) is 0 Å². The van der Waals surface area contributed by atoms with Crippen molar-refractivity contribution in [3.8, 4) is 0 Å².